The quantitative estimate of drug-likeness (QED) is 0.835. The van der Waals surface area contributed by atoms with E-state index in [4.69, 9.17) is 0 Å². The molecule has 0 atom stereocenters. The Bertz CT molecular complexity index is 592. The van der Waals surface area contributed by atoms with Gasteiger partial charge in [0.05, 0.1) is 5.69 Å². The maximum Gasteiger partial charge on any atom is 0.278 e. The van der Waals surface area contributed by atoms with Crippen LogP contribution in [-0.4, -0.2) is 22.9 Å². The lowest BCUT2D eigenvalue weighted by Crippen LogP contribution is -2.27. The largest absolute Gasteiger partial charge is 0.286 e. The lowest BCUT2D eigenvalue weighted by molar-refractivity contribution is 0.0988. The van der Waals surface area contributed by atoms with Crippen molar-refractivity contribution in [2.75, 3.05) is 11.9 Å². The number of pyridine rings is 1. The van der Waals surface area contributed by atoms with Gasteiger partial charge in [-0.25, -0.2) is 9.97 Å². The highest BCUT2D eigenvalue weighted by Crippen LogP contribution is 2.20. The molecule has 0 radical (unpaired) electrons. The van der Waals surface area contributed by atoms with Gasteiger partial charge in [-0.05, 0) is 32.4 Å². The molecule has 4 nitrogen and oxygen atoms in total. The molecule has 0 aliphatic carbocycles. The fourth-order valence-electron chi connectivity index (χ4n) is 1.50. The van der Waals surface area contributed by atoms with Crippen LogP contribution in [0.2, 0.25) is 0 Å². The first-order valence-corrected chi connectivity index (χ1v) is 6.51. The van der Waals surface area contributed by atoms with Gasteiger partial charge >= 0.3 is 0 Å². The predicted octanol–water partition coefficient (Wildman–Crippen LogP) is 2.74. The molecule has 0 aromatic carbocycles. The number of thiazole rings is 1. The number of carbonyl (C=O) groups is 1. The SMILES string of the molecule is Cc1csc(N(C)C(=O)c2ccc(C)c(C)n2)n1. The number of hydrogen-bond acceptors (Lipinski definition) is 4. The van der Waals surface area contributed by atoms with Gasteiger partial charge in [-0.3, -0.25) is 9.69 Å². The summed E-state index contributed by atoms with van der Waals surface area (Å²) in [7, 11) is 1.72. The van der Waals surface area contributed by atoms with E-state index in [1.807, 2.05) is 32.2 Å². The van der Waals surface area contributed by atoms with Crippen molar-refractivity contribution in [1.29, 1.82) is 0 Å². The van der Waals surface area contributed by atoms with Crippen LogP contribution in [0.4, 0.5) is 5.13 Å². The molecule has 2 rings (SSSR count). The number of amides is 1. The van der Waals surface area contributed by atoms with Crippen LogP contribution in [0.3, 0.4) is 0 Å². The molecule has 2 heterocycles. The summed E-state index contributed by atoms with van der Waals surface area (Å²) in [5.41, 5.74) is 3.33. The minimum atomic E-state index is -0.132. The Morgan fingerprint density at radius 3 is 2.50 bits per heavy atom. The summed E-state index contributed by atoms with van der Waals surface area (Å²) in [4.78, 5) is 22.4. The second-order valence-electron chi connectivity index (χ2n) is 4.23. The molecule has 0 N–H and O–H groups in total. The maximum atomic E-state index is 12.2. The number of rotatable bonds is 2. The molecule has 18 heavy (non-hydrogen) atoms. The van der Waals surface area contributed by atoms with E-state index in [1.54, 1.807) is 13.1 Å². The second kappa shape index (κ2) is 4.86. The molecule has 2 aromatic heterocycles. The smallest absolute Gasteiger partial charge is 0.278 e. The zero-order chi connectivity index (χ0) is 13.3. The summed E-state index contributed by atoms with van der Waals surface area (Å²) >= 11 is 1.45. The fourth-order valence-corrected chi connectivity index (χ4v) is 2.27. The Morgan fingerprint density at radius 2 is 1.94 bits per heavy atom. The van der Waals surface area contributed by atoms with E-state index in [0.29, 0.717) is 10.8 Å². The minimum Gasteiger partial charge on any atom is -0.286 e. The van der Waals surface area contributed by atoms with Gasteiger partial charge < -0.3 is 0 Å². The molecular formula is C13H15N3OS. The molecule has 94 valence electrons. The van der Waals surface area contributed by atoms with E-state index in [2.05, 4.69) is 9.97 Å². The predicted molar refractivity (Wildman–Crippen MR) is 73.3 cm³/mol. The number of anilines is 1. The summed E-state index contributed by atoms with van der Waals surface area (Å²) in [5, 5.41) is 2.62. The van der Waals surface area contributed by atoms with Gasteiger partial charge in [0.2, 0.25) is 0 Å². The summed E-state index contributed by atoms with van der Waals surface area (Å²) < 4.78 is 0. The summed E-state index contributed by atoms with van der Waals surface area (Å²) in [5.74, 6) is -0.132. The van der Waals surface area contributed by atoms with Gasteiger partial charge in [0, 0.05) is 18.1 Å². The number of nitrogens with zero attached hydrogens (tertiary/aromatic N) is 3. The molecule has 0 unspecified atom stereocenters. The van der Waals surface area contributed by atoms with Crippen LogP contribution in [0.5, 0.6) is 0 Å². The highest BCUT2D eigenvalue weighted by Gasteiger charge is 2.17. The topological polar surface area (TPSA) is 46.1 Å². The van der Waals surface area contributed by atoms with Crippen molar-refractivity contribution >= 4 is 22.4 Å². The van der Waals surface area contributed by atoms with Crippen LogP contribution >= 0.6 is 11.3 Å². The molecule has 0 saturated heterocycles. The van der Waals surface area contributed by atoms with E-state index in [9.17, 15) is 4.79 Å². The molecule has 0 spiro atoms. The average Bonchev–Trinajstić information content (AvgIpc) is 2.77. The van der Waals surface area contributed by atoms with Gasteiger partial charge in [-0.1, -0.05) is 6.07 Å². The van der Waals surface area contributed by atoms with Crippen molar-refractivity contribution in [2.24, 2.45) is 0 Å². The average molecular weight is 261 g/mol. The van der Waals surface area contributed by atoms with Gasteiger partial charge in [0.15, 0.2) is 5.13 Å². The number of aromatic nitrogens is 2. The normalized spacial score (nSPS) is 10.4. The molecule has 0 saturated carbocycles. The zero-order valence-electron chi connectivity index (χ0n) is 10.9. The highest BCUT2D eigenvalue weighted by atomic mass is 32.1. The molecule has 5 heteroatoms. The monoisotopic (exact) mass is 261 g/mol. The van der Waals surface area contributed by atoms with Crippen molar-refractivity contribution < 1.29 is 4.79 Å². The van der Waals surface area contributed by atoms with Crippen LogP contribution in [0.15, 0.2) is 17.5 Å². The molecule has 0 aliphatic rings. The first kappa shape index (κ1) is 12.7. The lowest BCUT2D eigenvalue weighted by Gasteiger charge is -2.13. The molecule has 2 aromatic rings. The van der Waals surface area contributed by atoms with E-state index in [1.165, 1.54) is 16.2 Å². The van der Waals surface area contributed by atoms with Crippen LogP contribution < -0.4 is 4.90 Å². The van der Waals surface area contributed by atoms with Crippen LogP contribution in [-0.2, 0) is 0 Å². The fraction of sp³-hybridized carbons (Fsp3) is 0.308. The van der Waals surface area contributed by atoms with Gasteiger partial charge in [-0.15, -0.1) is 11.3 Å². The number of hydrogen-bond donors (Lipinski definition) is 0. The number of carbonyl (C=O) groups excluding carboxylic acids is 1. The first-order valence-electron chi connectivity index (χ1n) is 5.63. The van der Waals surface area contributed by atoms with E-state index in [0.717, 1.165) is 17.0 Å². The second-order valence-corrected chi connectivity index (χ2v) is 5.07. The van der Waals surface area contributed by atoms with Crippen LogP contribution in [0.1, 0.15) is 27.4 Å². The summed E-state index contributed by atoms with van der Waals surface area (Å²) in [6.07, 6.45) is 0. The Labute approximate surface area is 110 Å². The van der Waals surface area contributed by atoms with E-state index < -0.39 is 0 Å². The summed E-state index contributed by atoms with van der Waals surface area (Å²) in [6, 6.07) is 3.66. The Balaban J connectivity index is 2.28. The summed E-state index contributed by atoms with van der Waals surface area (Å²) in [6.45, 7) is 5.79. The van der Waals surface area contributed by atoms with Crippen molar-refractivity contribution in [3.05, 3.63) is 40.2 Å². The molecule has 0 aliphatic heterocycles. The van der Waals surface area contributed by atoms with Crippen molar-refractivity contribution in [3.63, 3.8) is 0 Å². The zero-order valence-corrected chi connectivity index (χ0v) is 11.7. The van der Waals surface area contributed by atoms with E-state index in [-0.39, 0.29) is 5.91 Å². The third-order valence-electron chi connectivity index (χ3n) is 2.77. The van der Waals surface area contributed by atoms with Crippen LogP contribution in [0, 0.1) is 20.8 Å². The molecular weight excluding hydrogens is 246 g/mol. The standard InChI is InChI=1S/C13H15N3OS/c1-8-5-6-11(15-10(8)3)12(17)16(4)13-14-9(2)7-18-13/h5-7H,1-4H3. The number of aryl methyl sites for hydroxylation is 3. The van der Waals surface area contributed by atoms with Gasteiger partial charge in [0.25, 0.3) is 5.91 Å². The van der Waals surface area contributed by atoms with Crippen LogP contribution in [0.25, 0.3) is 0 Å². The lowest BCUT2D eigenvalue weighted by atomic mass is 10.2. The van der Waals surface area contributed by atoms with Crippen molar-refractivity contribution in [1.82, 2.24) is 9.97 Å². The minimum absolute atomic E-state index is 0.132. The molecule has 0 bridgehead atoms. The van der Waals surface area contributed by atoms with Gasteiger partial charge in [-0.2, -0.15) is 0 Å². The first-order chi connectivity index (χ1) is 8.49. The maximum absolute atomic E-state index is 12.2. The Morgan fingerprint density at radius 1 is 1.22 bits per heavy atom. The Kier molecular flexibility index (Phi) is 3.43. The third-order valence-corrected chi connectivity index (χ3v) is 3.80. The van der Waals surface area contributed by atoms with Crippen molar-refractivity contribution in [3.8, 4) is 0 Å². The van der Waals surface area contributed by atoms with E-state index >= 15 is 0 Å². The highest BCUT2D eigenvalue weighted by molar-refractivity contribution is 7.14. The van der Waals surface area contributed by atoms with Gasteiger partial charge in [0.1, 0.15) is 5.69 Å². The molecule has 0 fully saturated rings. The Hall–Kier alpha value is -1.75. The van der Waals surface area contributed by atoms with Crippen molar-refractivity contribution in [2.45, 2.75) is 20.8 Å². The molecule has 1 amide bonds. The third kappa shape index (κ3) is 2.41.